The second-order valence-electron chi connectivity index (χ2n) is 11.8. The van der Waals surface area contributed by atoms with Crippen LogP contribution in [0.15, 0.2) is 60.9 Å². The number of aliphatic carboxylic acids is 2. The summed E-state index contributed by atoms with van der Waals surface area (Å²) in [6.45, 7) is 1.24. The highest BCUT2D eigenvalue weighted by Crippen LogP contribution is 2.20. The van der Waals surface area contributed by atoms with Gasteiger partial charge in [0.1, 0.15) is 24.2 Å². The monoisotopic (exact) mass is 690 g/mol. The van der Waals surface area contributed by atoms with E-state index in [0.29, 0.717) is 5.56 Å². The molecular weight excluding hydrogens is 652 g/mol. The van der Waals surface area contributed by atoms with Crippen LogP contribution in [0.4, 0.5) is 0 Å². The standard InChI is InChI=1S/C33H38N8O9/c1-16(29(45)41-26(33(49)50)13-28(43)44)38-31(47)24(11-18-15-37-23-9-5-3-7-20(18)23)40-32(48)25(12-27(35)42)39-30(46)21(34)10-17-14-36-22-8-4-2-6-19(17)22/h2-9,14-16,21,24-26,36-37H,10-13,34H2,1H3,(H2,35,42)(H,38,47)(H,39,46)(H,40,48)(H,41,45)(H,43,44)(H,49,50)/t16-,21-,24-,25-,26-/m0/s1. The molecule has 0 saturated heterocycles. The molecule has 0 fully saturated rings. The second kappa shape index (κ2) is 16.2. The Bertz CT molecular complexity index is 1920. The number of carboxylic acid groups (broad SMARTS) is 2. The highest BCUT2D eigenvalue weighted by molar-refractivity contribution is 5.98. The van der Waals surface area contributed by atoms with Crippen LogP contribution in [-0.4, -0.2) is 91.9 Å². The van der Waals surface area contributed by atoms with Crippen molar-refractivity contribution in [3.63, 3.8) is 0 Å². The lowest BCUT2D eigenvalue weighted by Gasteiger charge is -2.25. The molecule has 0 aliphatic heterocycles. The lowest BCUT2D eigenvalue weighted by Crippen LogP contribution is -2.59. The lowest BCUT2D eigenvalue weighted by atomic mass is 10.0. The fourth-order valence-corrected chi connectivity index (χ4v) is 5.37. The van der Waals surface area contributed by atoms with Crippen molar-refractivity contribution >= 4 is 63.3 Å². The summed E-state index contributed by atoms with van der Waals surface area (Å²) in [6, 6.07) is 7.38. The molecule has 12 N–H and O–H groups in total. The number of carboxylic acids is 2. The molecule has 5 amide bonds. The molecule has 0 bridgehead atoms. The Morgan fingerprint density at radius 2 is 1.16 bits per heavy atom. The van der Waals surface area contributed by atoms with Gasteiger partial charge < -0.3 is 52.9 Å². The van der Waals surface area contributed by atoms with E-state index < -0.39 is 84.5 Å². The Morgan fingerprint density at radius 3 is 1.70 bits per heavy atom. The second-order valence-corrected chi connectivity index (χ2v) is 11.8. The molecule has 0 aliphatic carbocycles. The van der Waals surface area contributed by atoms with Crippen LogP contribution in [0.1, 0.15) is 30.9 Å². The number of aromatic nitrogens is 2. The maximum Gasteiger partial charge on any atom is 0.326 e. The Morgan fingerprint density at radius 1 is 0.660 bits per heavy atom. The van der Waals surface area contributed by atoms with Crippen LogP contribution in [0.5, 0.6) is 0 Å². The highest BCUT2D eigenvalue weighted by Gasteiger charge is 2.32. The smallest absolute Gasteiger partial charge is 0.326 e. The van der Waals surface area contributed by atoms with Crippen LogP contribution < -0.4 is 32.7 Å². The first-order valence-electron chi connectivity index (χ1n) is 15.5. The number of aromatic amines is 2. The first-order chi connectivity index (χ1) is 23.7. The Balaban J connectivity index is 1.51. The number of H-pyrrole nitrogens is 2. The number of rotatable bonds is 17. The summed E-state index contributed by atoms with van der Waals surface area (Å²) in [5.74, 6) is -7.55. The van der Waals surface area contributed by atoms with E-state index in [4.69, 9.17) is 16.6 Å². The Kier molecular flexibility index (Phi) is 11.9. The molecule has 2 aromatic carbocycles. The average molecular weight is 691 g/mol. The van der Waals surface area contributed by atoms with E-state index in [9.17, 15) is 38.7 Å². The van der Waals surface area contributed by atoms with Gasteiger partial charge in [0.05, 0.1) is 18.9 Å². The summed E-state index contributed by atoms with van der Waals surface area (Å²) in [4.78, 5) is 93.7. The maximum atomic E-state index is 13.6. The molecule has 264 valence electrons. The van der Waals surface area contributed by atoms with Gasteiger partial charge in [-0.25, -0.2) is 4.79 Å². The van der Waals surface area contributed by atoms with Gasteiger partial charge >= 0.3 is 11.9 Å². The summed E-state index contributed by atoms with van der Waals surface area (Å²) in [7, 11) is 0. The van der Waals surface area contributed by atoms with Crippen molar-refractivity contribution in [1.82, 2.24) is 31.2 Å². The van der Waals surface area contributed by atoms with Gasteiger partial charge in [0.25, 0.3) is 0 Å². The number of benzene rings is 2. The fraction of sp³-hybridized carbons (Fsp3) is 0.303. The summed E-state index contributed by atoms with van der Waals surface area (Å²) in [5.41, 5.74) is 14.5. The van der Waals surface area contributed by atoms with Crippen molar-refractivity contribution < 1.29 is 43.8 Å². The van der Waals surface area contributed by atoms with Crippen LogP contribution in [0.3, 0.4) is 0 Å². The van der Waals surface area contributed by atoms with Crippen LogP contribution in [0, 0.1) is 0 Å². The third-order valence-corrected chi connectivity index (χ3v) is 7.97. The van der Waals surface area contributed by atoms with E-state index in [1.807, 2.05) is 24.3 Å². The number of carbonyl (C=O) groups is 7. The van der Waals surface area contributed by atoms with Crippen molar-refractivity contribution in [3.8, 4) is 0 Å². The molecule has 4 aromatic rings. The molecule has 0 unspecified atom stereocenters. The number of primary amides is 1. The van der Waals surface area contributed by atoms with Crippen molar-refractivity contribution in [2.24, 2.45) is 11.5 Å². The molecule has 50 heavy (non-hydrogen) atoms. The van der Waals surface area contributed by atoms with Gasteiger partial charge in [-0.05, 0) is 36.6 Å². The van der Waals surface area contributed by atoms with Gasteiger partial charge in [-0.15, -0.1) is 0 Å². The number of nitrogens with two attached hydrogens (primary N) is 2. The zero-order valence-electron chi connectivity index (χ0n) is 26.9. The van der Waals surface area contributed by atoms with E-state index in [2.05, 4.69) is 31.2 Å². The molecule has 0 aliphatic rings. The number of nitrogens with one attached hydrogen (secondary N) is 6. The van der Waals surface area contributed by atoms with Gasteiger partial charge in [-0.3, -0.25) is 28.8 Å². The molecule has 17 nitrogen and oxygen atoms in total. The predicted molar refractivity (Wildman–Crippen MR) is 179 cm³/mol. The van der Waals surface area contributed by atoms with Crippen molar-refractivity contribution in [2.75, 3.05) is 0 Å². The zero-order valence-corrected chi connectivity index (χ0v) is 26.9. The van der Waals surface area contributed by atoms with E-state index in [0.717, 1.165) is 27.4 Å². The van der Waals surface area contributed by atoms with E-state index in [1.165, 1.54) is 6.92 Å². The molecular formula is C33H38N8O9. The largest absolute Gasteiger partial charge is 0.481 e. The highest BCUT2D eigenvalue weighted by atomic mass is 16.4. The topological polar surface area (TPSA) is 292 Å². The molecule has 0 saturated carbocycles. The van der Waals surface area contributed by atoms with Gasteiger partial charge in [0.15, 0.2) is 0 Å². The average Bonchev–Trinajstić information content (AvgIpc) is 3.67. The summed E-state index contributed by atoms with van der Waals surface area (Å²) in [6.07, 6.45) is 1.79. The van der Waals surface area contributed by atoms with Crippen molar-refractivity contribution in [3.05, 3.63) is 72.1 Å². The van der Waals surface area contributed by atoms with Crippen molar-refractivity contribution in [2.45, 2.75) is 62.8 Å². The fourth-order valence-electron chi connectivity index (χ4n) is 5.37. The zero-order chi connectivity index (χ0) is 36.5. The van der Waals surface area contributed by atoms with Crippen molar-refractivity contribution in [1.29, 1.82) is 0 Å². The maximum absolute atomic E-state index is 13.6. The van der Waals surface area contributed by atoms with Gasteiger partial charge in [0.2, 0.25) is 29.5 Å². The van der Waals surface area contributed by atoms with E-state index >= 15 is 0 Å². The number of fused-ring (bicyclic) bond motifs is 2. The third kappa shape index (κ3) is 9.44. The van der Waals surface area contributed by atoms with Crippen LogP contribution in [0.2, 0.25) is 0 Å². The number of carbonyl (C=O) groups excluding carboxylic acids is 5. The minimum Gasteiger partial charge on any atom is -0.481 e. The van der Waals surface area contributed by atoms with Crippen LogP contribution in [-0.2, 0) is 46.4 Å². The normalized spacial score (nSPS) is 14.1. The number of hydrogen-bond donors (Lipinski definition) is 10. The van der Waals surface area contributed by atoms with Crippen LogP contribution in [0.25, 0.3) is 21.8 Å². The molecule has 0 spiro atoms. The first-order valence-corrected chi connectivity index (χ1v) is 15.5. The minimum absolute atomic E-state index is 0.0987. The predicted octanol–water partition coefficient (Wildman–Crippen LogP) is -0.844. The van der Waals surface area contributed by atoms with Gasteiger partial charge in [-0.2, -0.15) is 0 Å². The van der Waals surface area contributed by atoms with Gasteiger partial charge in [-0.1, -0.05) is 36.4 Å². The number of amides is 5. The summed E-state index contributed by atoms with van der Waals surface area (Å²) >= 11 is 0. The quantitative estimate of drug-likeness (QED) is 0.0655. The first kappa shape index (κ1) is 36.6. The molecule has 17 heteroatoms. The Hall–Kier alpha value is -6.23. The number of hydrogen-bond acceptors (Lipinski definition) is 8. The van der Waals surface area contributed by atoms with Gasteiger partial charge in [0, 0.05) is 40.6 Å². The third-order valence-electron chi connectivity index (χ3n) is 7.97. The summed E-state index contributed by atoms with van der Waals surface area (Å²) in [5, 5.41) is 29.3. The molecule has 2 heterocycles. The lowest BCUT2D eigenvalue weighted by molar-refractivity contribution is -0.147. The number of para-hydroxylation sites is 2. The van der Waals surface area contributed by atoms with E-state index in [-0.39, 0.29) is 12.8 Å². The molecule has 2 aromatic heterocycles. The molecule has 5 atom stereocenters. The summed E-state index contributed by atoms with van der Waals surface area (Å²) < 4.78 is 0. The Labute approximate surface area is 284 Å². The SMILES string of the molecule is C[C@H](NC(=O)[C@H](Cc1c[nH]c2ccccc12)NC(=O)[C@H](CC(N)=O)NC(=O)[C@@H](N)Cc1c[nH]c2ccccc12)C(=O)N[C@@H](CC(=O)O)C(=O)O. The van der Waals surface area contributed by atoms with E-state index in [1.54, 1.807) is 36.7 Å². The molecule has 4 rings (SSSR count). The minimum atomic E-state index is -1.76. The molecule has 0 radical (unpaired) electrons. The van der Waals surface area contributed by atoms with Crippen LogP contribution >= 0.6 is 0 Å².